The molecule has 2 N–H and O–H groups in total. The Morgan fingerprint density at radius 1 is 1.03 bits per heavy atom. The molecule has 3 heterocycles. The Morgan fingerprint density at radius 2 is 1.79 bits per heavy atom. The molecule has 1 aliphatic heterocycles. The molecule has 0 unspecified atom stereocenters. The fourth-order valence-corrected chi connectivity index (χ4v) is 3.20. The minimum Gasteiger partial charge on any atom is -0.378 e. The highest BCUT2D eigenvalue weighted by atomic mass is 16.5. The minimum absolute atomic E-state index is 0.0981. The van der Waals surface area contributed by atoms with Crippen molar-refractivity contribution in [3.63, 3.8) is 0 Å². The molecule has 0 bridgehead atoms. The predicted octanol–water partition coefficient (Wildman–Crippen LogP) is 1.95. The van der Waals surface area contributed by atoms with Gasteiger partial charge in [-0.25, -0.2) is 0 Å². The van der Waals surface area contributed by atoms with Crippen LogP contribution in [0.4, 0.5) is 11.5 Å². The largest absolute Gasteiger partial charge is 0.378 e. The number of anilines is 2. The number of hydrogen-bond acceptors (Lipinski definition) is 6. The van der Waals surface area contributed by atoms with Gasteiger partial charge in [0.25, 0.3) is 5.91 Å². The van der Waals surface area contributed by atoms with E-state index in [1.807, 2.05) is 59.4 Å². The van der Waals surface area contributed by atoms with E-state index < -0.39 is 0 Å². The zero-order valence-electron chi connectivity index (χ0n) is 16.1. The summed E-state index contributed by atoms with van der Waals surface area (Å²) in [5.74, 6) is 0.596. The number of carbonyl (C=O) groups is 1. The number of rotatable bonds is 7. The quantitative estimate of drug-likeness (QED) is 0.598. The average molecular weight is 392 g/mol. The summed E-state index contributed by atoms with van der Waals surface area (Å²) in [5, 5.41) is 14.3. The van der Waals surface area contributed by atoms with Gasteiger partial charge in [-0.05, 0) is 36.4 Å². The average Bonchev–Trinajstić information content (AvgIpc) is 3.32. The Kier molecular flexibility index (Phi) is 6.01. The van der Waals surface area contributed by atoms with Crippen molar-refractivity contribution in [1.82, 2.24) is 20.1 Å². The van der Waals surface area contributed by atoms with Crippen LogP contribution in [0.5, 0.6) is 0 Å². The maximum Gasteiger partial charge on any atom is 0.251 e. The molecule has 8 nitrogen and oxygen atoms in total. The molecule has 0 saturated carbocycles. The van der Waals surface area contributed by atoms with Gasteiger partial charge in [0, 0.05) is 55.9 Å². The highest BCUT2D eigenvalue weighted by Gasteiger charge is 2.12. The van der Waals surface area contributed by atoms with Crippen molar-refractivity contribution in [2.24, 2.45) is 0 Å². The fourth-order valence-electron chi connectivity index (χ4n) is 3.20. The number of aromatic nitrogens is 3. The van der Waals surface area contributed by atoms with Gasteiger partial charge < -0.3 is 24.8 Å². The Balaban J connectivity index is 1.24. The van der Waals surface area contributed by atoms with E-state index in [1.165, 1.54) is 0 Å². The van der Waals surface area contributed by atoms with Gasteiger partial charge in [0.2, 0.25) is 0 Å². The van der Waals surface area contributed by atoms with Crippen LogP contribution in [0.15, 0.2) is 61.1 Å². The van der Waals surface area contributed by atoms with Gasteiger partial charge >= 0.3 is 0 Å². The van der Waals surface area contributed by atoms with Crippen LogP contribution >= 0.6 is 0 Å². The maximum atomic E-state index is 12.3. The number of hydrogen-bond donors (Lipinski definition) is 2. The van der Waals surface area contributed by atoms with Crippen molar-refractivity contribution in [3.8, 4) is 5.69 Å². The first-order valence-corrected chi connectivity index (χ1v) is 9.70. The van der Waals surface area contributed by atoms with Gasteiger partial charge in [-0.2, -0.15) is 5.10 Å². The Hall–Kier alpha value is -3.39. The second kappa shape index (κ2) is 9.20. The summed E-state index contributed by atoms with van der Waals surface area (Å²) in [4.78, 5) is 14.5. The number of nitrogens with one attached hydrogen (secondary N) is 2. The molecule has 0 atom stereocenters. The lowest BCUT2D eigenvalue weighted by atomic mass is 10.2. The Morgan fingerprint density at radius 3 is 2.55 bits per heavy atom. The number of morpholine rings is 1. The third-order valence-electron chi connectivity index (χ3n) is 4.77. The number of carbonyl (C=O) groups excluding carboxylic acids is 1. The van der Waals surface area contributed by atoms with Crippen molar-refractivity contribution in [2.75, 3.05) is 49.6 Å². The number of ether oxygens (including phenoxy) is 1. The summed E-state index contributed by atoms with van der Waals surface area (Å²) in [6, 6.07) is 13.4. The van der Waals surface area contributed by atoms with E-state index in [0.717, 1.165) is 37.7 Å². The molecule has 0 aliphatic carbocycles. The van der Waals surface area contributed by atoms with Gasteiger partial charge in [0.05, 0.1) is 25.1 Å². The molecular formula is C21H24N6O2. The third-order valence-corrected chi connectivity index (χ3v) is 4.77. The second-order valence-electron chi connectivity index (χ2n) is 6.72. The number of nitrogens with zero attached hydrogens (tertiary/aromatic N) is 4. The summed E-state index contributed by atoms with van der Waals surface area (Å²) in [5.41, 5.74) is 2.68. The molecule has 150 valence electrons. The first kappa shape index (κ1) is 18.9. The molecule has 3 aromatic rings. The van der Waals surface area contributed by atoms with Crippen LogP contribution in [0.2, 0.25) is 0 Å². The van der Waals surface area contributed by atoms with Gasteiger partial charge in [-0.1, -0.05) is 0 Å². The van der Waals surface area contributed by atoms with E-state index in [2.05, 4.69) is 25.7 Å². The summed E-state index contributed by atoms with van der Waals surface area (Å²) < 4.78 is 7.38. The van der Waals surface area contributed by atoms with Crippen molar-refractivity contribution in [1.29, 1.82) is 0 Å². The van der Waals surface area contributed by atoms with Crippen molar-refractivity contribution in [3.05, 3.63) is 66.6 Å². The molecule has 29 heavy (non-hydrogen) atoms. The lowest BCUT2D eigenvalue weighted by Gasteiger charge is -2.28. The molecule has 1 saturated heterocycles. The van der Waals surface area contributed by atoms with Crippen LogP contribution in [-0.2, 0) is 4.74 Å². The SMILES string of the molecule is O=C(NCCNc1cc(N2CCOCC2)cnn1)c1ccc(-n2cccc2)cc1. The molecule has 2 aromatic heterocycles. The molecule has 0 spiro atoms. The zero-order chi connectivity index (χ0) is 19.9. The molecule has 0 radical (unpaired) electrons. The zero-order valence-corrected chi connectivity index (χ0v) is 16.1. The molecule has 1 aromatic carbocycles. The molecule has 1 aliphatic rings. The van der Waals surface area contributed by atoms with Crippen LogP contribution < -0.4 is 15.5 Å². The lowest BCUT2D eigenvalue weighted by Crippen LogP contribution is -2.36. The second-order valence-corrected chi connectivity index (χ2v) is 6.72. The molecule has 8 heteroatoms. The minimum atomic E-state index is -0.0981. The van der Waals surface area contributed by atoms with Crippen molar-refractivity contribution >= 4 is 17.4 Å². The first-order chi connectivity index (χ1) is 14.3. The van der Waals surface area contributed by atoms with E-state index >= 15 is 0 Å². The third kappa shape index (κ3) is 4.91. The van der Waals surface area contributed by atoms with E-state index in [9.17, 15) is 4.79 Å². The Bertz CT molecular complexity index is 921. The van der Waals surface area contributed by atoms with Crippen LogP contribution in [-0.4, -0.2) is 60.1 Å². The Labute approximate surface area is 169 Å². The standard InChI is InChI=1S/C21H24N6O2/c28-21(17-3-5-18(6-4-17)26-9-1-2-10-26)23-8-7-22-20-15-19(16-24-25-20)27-11-13-29-14-12-27/h1-6,9-10,15-16H,7-8,11-14H2,(H,22,25)(H,23,28). The van der Waals surface area contributed by atoms with Crippen LogP contribution in [0.1, 0.15) is 10.4 Å². The predicted molar refractivity (Wildman–Crippen MR) is 112 cm³/mol. The fraction of sp³-hybridized carbons (Fsp3) is 0.286. The maximum absolute atomic E-state index is 12.3. The van der Waals surface area contributed by atoms with Crippen LogP contribution in [0.25, 0.3) is 5.69 Å². The molecule has 4 rings (SSSR count). The highest BCUT2D eigenvalue weighted by molar-refractivity contribution is 5.94. The van der Waals surface area contributed by atoms with Crippen LogP contribution in [0, 0.1) is 0 Å². The summed E-state index contributed by atoms with van der Waals surface area (Å²) in [6.45, 7) is 4.21. The van der Waals surface area contributed by atoms with E-state index in [-0.39, 0.29) is 5.91 Å². The number of amides is 1. The normalized spacial score (nSPS) is 13.9. The van der Waals surface area contributed by atoms with Crippen molar-refractivity contribution in [2.45, 2.75) is 0 Å². The molecular weight excluding hydrogens is 368 g/mol. The van der Waals surface area contributed by atoms with E-state index in [0.29, 0.717) is 24.5 Å². The van der Waals surface area contributed by atoms with Gasteiger partial charge in [-0.3, -0.25) is 4.79 Å². The van der Waals surface area contributed by atoms with Gasteiger partial charge in [0.1, 0.15) is 0 Å². The molecule has 1 fully saturated rings. The summed E-state index contributed by atoms with van der Waals surface area (Å²) >= 11 is 0. The van der Waals surface area contributed by atoms with Crippen LogP contribution in [0.3, 0.4) is 0 Å². The van der Waals surface area contributed by atoms with E-state index in [4.69, 9.17) is 4.74 Å². The van der Waals surface area contributed by atoms with Crippen molar-refractivity contribution < 1.29 is 9.53 Å². The smallest absolute Gasteiger partial charge is 0.251 e. The topological polar surface area (TPSA) is 84.3 Å². The van der Waals surface area contributed by atoms with Gasteiger partial charge in [-0.15, -0.1) is 5.10 Å². The monoisotopic (exact) mass is 392 g/mol. The molecule has 1 amide bonds. The van der Waals surface area contributed by atoms with Gasteiger partial charge in [0.15, 0.2) is 5.82 Å². The number of benzene rings is 1. The summed E-state index contributed by atoms with van der Waals surface area (Å²) in [7, 11) is 0. The first-order valence-electron chi connectivity index (χ1n) is 9.70. The highest BCUT2D eigenvalue weighted by Crippen LogP contribution is 2.17. The van der Waals surface area contributed by atoms with E-state index in [1.54, 1.807) is 6.20 Å². The lowest BCUT2D eigenvalue weighted by molar-refractivity contribution is 0.0955. The summed E-state index contributed by atoms with van der Waals surface area (Å²) in [6.07, 6.45) is 5.70.